The first kappa shape index (κ1) is 12.6. The minimum absolute atomic E-state index is 0.0872. The van der Waals surface area contributed by atoms with E-state index in [-0.39, 0.29) is 12.1 Å². The van der Waals surface area contributed by atoms with Crippen molar-refractivity contribution in [3.63, 3.8) is 0 Å². The highest BCUT2D eigenvalue weighted by Crippen LogP contribution is 2.11. The number of urea groups is 1. The Bertz CT molecular complexity index is 255. The lowest BCUT2D eigenvalue weighted by Crippen LogP contribution is -2.55. The van der Waals surface area contributed by atoms with Crippen molar-refractivity contribution in [2.24, 2.45) is 0 Å². The van der Waals surface area contributed by atoms with Crippen molar-refractivity contribution in [1.82, 2.24) is 20.4 Å². The standard InChI is InChI=1S/C12H24N4O/c1-10(2)14-12(17)16-7-5-15(6-8-16)11-3-4-13-9-11/h10-11,13H,3-9H2,1-2H3,(H,14,17). The Hall–Kier alpha value is -0.810. The number of nitrogens with zero attached hydrogens (tertiary/aromatic N) is 2. The second-order valence-corrected chi connectivity index (χ2v) is 5.27. The highest BCUT2D eigenvalue weighted by molar-refractivity contribution is 5.74. The van der Waals surface area contributed by atoms with E-state index in [0.717, 1.165) is 39.3 Å². The van der Waals surface area contributed by atoms with Crippen molar-refractivity contribution in [3.05, 3.63) is 0 Å². The Morgan fingerprint density at radius 3 is 2.53 bits per heavy atom. The molecule has 0 spiro atoms. The SMILES string of the molecule is CC(C)NC(=O)N1CCN(C2CCNC2)CC1. The van der Waals surface area contributed by atoms with E-state index in [1.165, 1.54) is 6.42 Å². The zero-order valence-corrected chi connectivity index (χ0v) is 10.9. The minimum atomic E-state index is 0.0872. The fraction of sp³-hybridized carbons (Fsp3) is 0.917. The molecule has 0 bridgehead atoms. The molecule has 2 N–H and O–H groups in total. The molecule has 2 saturated heterocycles. The number of hydrogen-bond donors (Lipinski definition) is 2. The lowest BCUT2D eigenvalue weighted by Gasteiger charge is -2.38. The third-order valence-electron chi connectivity index (χ3n) is 3.56. The van der Waals surface area contributed by atoms with Crippen LogP contribution in [0.25, 0.3) is 0 Å². The van der Waals surface area contributed by atoms with Crippen molar-refractivity contribution < 1.29 is 4.79 Å². The molecule has 0 radical (unpaired) electrons. The second kappa shape index (κ2) is 5.69. The Kier molecular flexibility index (Phi) is 4.23. The summed E-state index contributed by atoms with van der Waals surface area (Å²) in [6, 6.07) is 0.995. The fourth-order valence-electron chi connectivity index (χ4n) is 2.58. The van der Waals surface area contributed by atoms with Crippen molar-refractivity contribution >= 4 is 6.03 Å². The number of carbonyl (C=O) groups excluding carboxylic acids is 1. The maximum absolute atomic E-state index is 11.8. The highest BCUT2D eigenvalue weighted by atomic mass is 16.2. The summed E-state index contributed by atoms with van der Waals surface area (Å²) in [4.78, 5) is 16.3. The van der Waals surface area contributed by atoms with E-state index in [9.17, 15) is 4.79 Å². The summed E-state index contributed by atoms with van der Waals surface area (Å²) in [5.41, 5.74) is 0. The number of amides is 2. The lowest BCUT2D eigenvalue weighted by atomic mass is 10.2. The van der Waals surface area contributed by atoms with Gasteiger partial charge < -0.3 is 15.5 Å². The van der Waals surface area contributed by atoms with Gasteiger partial charge in [0.1, 0.15) is 0 Å². The average Bonchev–Trinajstić information content (AvgIpc) is 2.82. The Morgan fingerprint density at radius 1 is 1.29 bits per heavy atom. The average molecular weight is 240 g/mol. The molecule has 5 heteroatoms. The molecule has 2 aliphatic rings. The van der Waals surface area contributed by atoms with Crippen LogP contribution in [0.15, 0.2) is 0 Å². The van der Waals surface area contributed by atoms with Gasteiger partial charge in [-0.05, 0) is 26.8 Å². The first-order valence-corrected chi connectivity index (χ1v) is 6.67. The smallest absolute Gasteiger partial charge is 0.317 e. The van der Waals surface area contributed by atoms with Gasteiger partial charge in [-0.3, -0.25) is 4.90 Å². The maximum atomic E-state index is 11.8. The van der Waals surface area contributed by atoms with Gasteiger partial charge in [0.2, 0.25) is 0 Å². The molecule has 2 fully saturated rings. The Labute approximate surface area is 104 Å². The second-order valence-electron chi connectivity index (χ2n) is 5.27. The maximum Gasteiger partial charge on any atom is 0.317 e. The molecular formula is C12H24N4O. The molecule has 2 heterocycles. The third-order valence-corrected chi connectivity index (χ3v) is 3.56. The van der Waals surface area contributed by atoms with Gasteiger partial charge in [0.05, 0.1) is 0 Å². The van der Waals surface area contributed by atoms with Crippen molar-refractivity contribution in [2.75, 3.05) is 39.3 Å². The van der Waals surface area contributed by atoms with Gasteiger partial charge in [-0.1, -0.05) is 0 Å². The largest absolute Gasteiger partial charge is 0.336 e. The molecule has 17 heavy (non-hydrogen) atoms. The molecule has 0 aromatic rings. The summed E-state index contributed by atoms with van der Waals surface area (Å²) in [5.74, 6) is 0. The summed E-state index contributed by atoms with van der Waals surface area (Å²) in [5, 5.41) is 6.35. The van der Waals surface area contributed by atoms with Crippen molar-refractivity contribution in [1.29, 1.82) is 0 Å². The number of nitrogens with one attached hydrogen (secondary N) is 2. The van der Waals surface area contributed by atoms with Gasteiger partial charge >= 0.3 is 6.03 Å². The molecule has 0 saturated carbocycles. The van der Waals surface area contributed by atoms with Crippen LogP contribution in [0.5, 0.6) is 0 Å². The van der Waals surface area contributed by atoms with Crippen LogP contribution in [0.2, 0.25) is 0 Å². The highest BCUT2D eigenvalue weighted by Gasteiger charge is 2.27. The van der Waals surface area contributed by atoms with Gasteiger partial charge in [0, 0.05) is 44.8 Å². The molecule has 2 rings (SSSR count). The summed E-state index contributed by atoms with van der Waals surface area (Å²) in [6.45, 7) is 9.98. The van der Waals surface area contributed by atoms with E-state index in [4.69, 9.17) is 0 Å². The zero-order chi connectivity index (χ0) is 12.3. The third kappa shape index (κ3) is 3.33. The zero-order valence-electron chi connectivity index (χ0n) is 10.9. The van der Waals surface area contributed by atoms with Gasteiger partial charge in [-0.25, -0.2) is 4.79 Å². The van der Waals surface area contributed by atoms with Crippen LogP contribution in [0.1, 0.15) is 20.3 Å². The molecule has 1 unspecified atom stereocenters. The molecule has 0 aromatic heterocycles. The minimum Gasteiger partial charge on any atom is -0.336 e. The quantitative estimate of drug-likeness (QED) is 0.719. The molecule has 0 aromatic carbocycles. The van der Waals surface area contributed by atoms with Crippen LogP contribution < -0.4 is 10.6 Å². The topological polar surface area (TPSA) is 47.6 Å². The molecule has 2 aliphatic heterocycles. The number of piperazine rings is 1. The molecule has 1 atom stereocenters. The Morgan fingerprint density at radius 2 is 2.00 bits per heavy atom. The summed E-state index contributed by atoms with van der Waals surface area (Å²) in [7, 11) is 0. The van der Waals surface area contributed by atoms with E-state index >= 15 is 0 Å². The number of carbonyl (C=O) groups is 1. The van der Waals surface area contributed by atoms with Crippen LogP contribution >= 0.6 is 0 Å². The van der Waals surface area contributed by atoms with E-state index < -0.39 is 0 Å². The number of hydrogen-bond acceptors (Lipinski definition) is 3. The first-order chi connectivity index (χ1) is 8.16. The van der Waals surface area contributed by atoms with Gasteiger partial charge in [-0.15, -0.1) is 0 Å². The van der Waals surface area contributed by atoms with Crippen LogP contribution in [-0.2, 0) is 0 Å². The van der Waals surface area contributed by atoms with E-state index in [0.29, 0.717) is 6.04 Å². The monoisotopic (exact) mass is 240 g/mol. The predicted octanol–water partition coefficient (Wildman–Crippen LogP) is 0.0839. The van der Waals surface area contributed by atoms with Gasteiger partial charge in [0.15, 0.2) is 0 Å². The summed E-state index contributed by atoms with van der Waals surface area (Å²) >= 11 is 0. The molecule has 2 amide bonds. The summed E-state index contributed by atoms with van der Waals surface area (Å²) in [6.07, 6.45) is 1.25. The molecule has 0 aliphatic carbocycles. The van der Waals surface area contributed by atoms with Gasteiger partial charge in [-0.2, -0.15) is 0 Å². The molecule has 98 valence electrons. The lowest BCUT2D eigenvalue weighted by molar-refractivity contribution is 0.113. The Balaban J connectivity index is 1.75. The van der Waals surface area contributed by atoms with Gasteiger partial charge in [0.25, 0.3) is 0 Å². The van der Waals surface area contributed by atoms with Crippen LogP contribution in [0, 0.1) is 0 Å². The first-order valence-electron chi connectivity index (χ1n) is 6.67. The van der Waals surface area contributed by atoms with Crippen molar-refractivity contribution in [3.8, 4) is 0 Å². The summed E-state index contributed by atoms with van der Waals surface area (Å²) < 4.78 is 0. The van der Waals surface area contributed by atoms with E-state index in [1.807, 2.05) is 18.7 Å². The normalized spacial score (nSPS) is 26.5. The van der Waals surface area contributed by atoms with Crippen LogP contribution in [0.4, 0.5) is 4.79 Å². The molecular weight excluding hydrogens is 216 g/mol. The van der Waals surface area contributed by atoms with E-state index in [2.05, 4.69) is 15.5 Å². The predicted molar refractivity (Wildman–Crippen MR) is 68.1 cm³/mol. The van der Waals surface area contributed by atoms with Crippen molar-refractivity contribution in [2.45, 2.75) is 32.4 Å². The molecule has 5 nitrogen and oxygen atoms in total. The number of rotatable bonds is 2. The van der Waals surface area contributed by atoms with Crippen LogP contribution in [-0.4, -0.2) is 67.2 Å². The van der Waals surface area contributed by atoms with Crippen LogP contribution in [0.3, 0.4) is 0 Å². The fourth-order valence-corrected chi connectivity index (χ4v) is 2.58. The van der Waals surface area contributed by atoms with E-state index in [1.54, 1.807) is 0 Å².